The van der Waals surface area contributed by atoms with Gasteiger partial charge in [-0.2, -0.15) is 0 Å². The predicted octanol–water partition coefficient (Wildman–Crippen LogP) is 3.34. The van der Waals surface area contributed by atoms with Crippen LogP contribution >= 0.6 is 15.9 Å². The van der Waals surface area contributed by atoms with Gasteiger partial charge >= 0.3 is 6.09 Å². The molecule has 0 aliphatic carbocycles. The second-order valence-corrected chi connectivity index (χ2v) is 6.24. The predicted molar refractivity (Wildman–Crippen MR) is 89.9 cm³/mol. The minimum absolute atomic E-state index is 0.162. The second kappa shape index (κ2) is 9.46. The van der Waals surface area contributed by atoms with Crippen LogP contribution in [0, 0.1) is 5.92 Å². The van der Waals surface area contributed by atoms with Gasteiger partial charge in [-0.15, -0.1) is 0 Å². The lowest BCUT2D eigenvalue weighted by Gasteiger charge is -2.21. The number of rotatable bonds is 7. The number of hydrogen-bond donors (Lipinski definition) is 2. The number of amides is 2. The van der Waals surface area contributed by atoms with Gasteiger partial charge < -0.3 is 15.4 Å². The van der Waals surface area contributed by atoms with Gasteiger partial charge in [0.15, 0.2) is 0 Å². The van der Waals surface area contributed by atoms with E-state index in [2.05, 4.69) is 40.4 Å². The summed E-state index contributed by atoms with van der Waals surface area (Å²) in [6, 6.07) is 7.06. The molecule has 0 aliphatic rings. The van der Waals surface area contributed by atoms with Crippen LogP contribution in [-0.4, -0.2) is 31.2 Å². The van der Waals surface area contributed by atoms with Crippen LogP contribution in [-0.2, 0) is 4.74 Å². The van der Waals surface area contributed by atoms with Crippen LogP contribution in [0.15, 0.2) is 28.7 Å². The Hall–Kier alpha value is -1.56. The number of ether oxygens (including phenoxy) is 1. The quantitative estimate of drug-likeness (QED) is 0.773. The van der Waals surface area contributed by atoms with Gasteiger partial charge in [-0.25, -0.2) is 4.79 Å². The first-order valence-corrected chi connectivity index (χ1v) is 8.19. The number of carbonyl (C=O) groups is 2. The lowest BCUT2D eigenvalue weighted by atomic mass is 10.0. The summed E-state index contributed by atoms with van der Waals surface area (Å²) in [5, 5.41) is 5.64. The number of carbonyl (C=O) groups excluding carboxylic acids is 2. The summed E-state index contributed by atoms with van der Waals surface area (Å²) in [7, 11) is 0. The number of alkyl carbamates (subject to hydrolysis) is 1. The van der Waals surface area contributed by atoms with Crippen LogP contribution in [0.4, 0.5) is 4.79 Å². The Morgan fingerprint density at radius 3 is 2.55 bits per heavy atom. The molecule has 1 atom stereocenters. The van der Waals surface area contributed by atoms with Crippen molar-refractivity contribution in [1.29, 1.82) is 0 Å². The normalized spacial score (nSPS) is 11.9. The maximum absolute atomic E-state index is 12.2. The van der Waals surface area contributed by atoms with Gasteiger partial charge in [-0.1, -0.05) is 26.0 Å². The molecule has 1 aromatic rings. The Morgan fingerprint density at radius 1 is 1.27 bits per heavy atom. The van der Waals surface area contributed by atoms with E-state index in [1.54, 1.807) is 13.0 Å². The smallest absolute Gasteiger partial charge is 0.407 e. The van der Waals surface area contributed by atoms with Crippen molar-refractivity contribution in [3.63, 3.8) is 0 Å². The summed E-state index contributed by atoms with van der Waals surface area (Å²) < 4.78 is 5.64. The lowest BCUT2D eigenvalue weighted by molar-refractivity contribution is 0.0943. The molecule has 1 rings (SSSR count). The summed E-state index contributed by atoms with van der Waals surface area (Å²) in [5.41, 5.74) is 0.571. The molecule has 0 saturated carbocycles. The zero-order valence-electron chi connectivity index (χ0n) is 13.2. The molecule has 0 spiro atoms. The van der Waals surface area contributed by atoms with Crippen molar-refractivity contribution in [2.24, 2.45) is 5.92 Å². The van der Waals surface area contributed by atoms with E-state index in [0.717, 1.165) is 10.9 Å². The Kier molecular flexibility index (Phi) is 7.95. The molecule has 122 valence electrons. The topological polar surface area (TPSA) is 67.4 Å². The molecule has 22 heavy (non-hydrogen) atoms. The zero-order valence-corrected chi connectivity index (χ0v) is 14.8. The van der Waals surface area contributed by atoms with Gasteiger partial charge in [-0.3, -0.25) is 4.79 Å². The molecule has 2 N–H and O–H groups in total. The molecule has 2 amide bonds. The molecule has 0 aromatic heterocycles. The fourth-order valence-corrected chi connectivity index (χ4v) is 2.52. The van der Waals surface area contributed by atoms with Crippen LogP contribution in [0.5, 0.6) is 0 Å². The van der Waals surface area contributed by atoms with E-state index in [0.29, 0.717) is 24.6 Å². The molecule has 6 heteroatoms. The Bertz CT molecular complexity index is 506. The Labute approximate surface area is 139 Å². The maximum atomic E-state index is 12.2. The lowest BCUT2D eigenvalue weighted by Crippen LogP contribution is -2.44. The van der Waals surface area contributed by atoms with Crippen molar-refractivity contribution in [1.82, 2.24) is 10.6 Å². The molecular weight excluding hydrogens is 348 g/mol. The molecule has 0 radical (unpaired) electrons. The number of halogens is 1. The van der Waals surface area contributed by atoms with E-state index >= 15 is 0 Å². The third-order valence-corrected chi connectivity index (χ3v) is 3.67. The molecule has 0 saturated heterocycles. The summed E-state index contributed by atoms with van der Waals surface area (Å²) >= 11 is 3.35. The molecule has 5 nitrogen and oxygen atoms in total. The minimum atomic E-state index is -0.455. The van der Waals surface area contributed by atoms with Gasteiger partial charge in [0.2, 0.25) is 0 Å². The first-order valence-electron chi connectivity index (χ1n) is 7.40. The number of nitrogens with one attached hydrogen (secondary N) is 2. The van der Waals surface area contributed by atoms with Crippen molar-refractivity contribution in [2.45, 2.75) is 33.2 Å². The minimum Gasteiger partial charge on any atom is -0.450 e. The van der Waals surface area contributed by atoms with Gasteiger partial charge in [0, 0.05) is 17.1 Å². The number of hydrogen-bond acceptors (Lipinski definition) is 3. The van der Waals surface area contributed by atoms with Crippen molar-refractivity contribution in [2.75, 3.05) is 13.2 Å². The van der Waals surface area contributed by atoms with Gasteiger partial charge in [0.05, 0.1) is 12.2 Å². The highest BCUT2D eigenvalue weighted by molar-refractivity contribution is 9.10. The van der Waals surface area contributed by atoms with E-state index in [-0.39, 0.29) is 11.9 Å². The highest BCUT2D eigenvalue weighted by Crippen LogP contribution is 2.15. The highest BCUT2D eigenvalue weighted by atomic mass is 79.9. The van der Waals surface area contributed by atoms with E-state index < -0.39 is 6.09 Å². The molecule has 0 aliphatic heterocycles. The third kappa shape index (κ3) is 6.47. The summed E-state index contributed by atoms with van der Waals surface area (Å²) in [4.78, 5) is 23.7. The highest BCUT2D eigenvalue weighted by Gasteiger charge is 2.17. The van der Waals surface area contributed by atoms with Gasteiger partial charge in [0.1, 0.15) is 0 Å². The monoisotopic (exact) mass is 370 g/mol. The van der Waals surface area contributed by atoms with Gasteiger partial charge in [-0.05, 0) is 47.3 Å². The van der Waals surface area contributed by atoms with E-state index in [1.165, 1.54) is 0 Å². The second-order valence-electron chi connectivity index (χ2n) is 5.38. The Balaban J connectivity index is 2.60. The molecule has 0 heterocycles. The standard InChI is InChI=1S/C16H23BrN2O3/c1-4-22-16(21)19-12(9-11(2)3)10-18-15(20)13-7-5-6-8-14(13)17/h5-8,11-12H,4,9-10H2,1-3H3,(H,18,20)(H,19,21)/t12-/m1/s1. The molecule has 0 fully saturated rings. The van der Waals surface area contributed by atoms with E-state index in [4.69, 9.17) is 4.74 Å². The molecule has 1 aromatic carbocycles. The first-order chi connectivity index (χ1) is 10.4. The first kappa shape index (κ1) is 18.5. The van der Waals surface area contributed by atoms with Crippen LogP contribution in [0.1, 0.15) is 37.6 Å². The van der Waals surface area contributed by atoms with Crippen molar-refractivity contribution < 1.29 is 14.3 Å². The van der Waals surface area contributed by atoms with Crippen LogP contribution < -0.4 is 10.6 Å². The van der Waals surface area contributed by atoms with Crippen molar-refractivity contribution in [3.8, 4) is 0 Å². The van der Waals surface area contributed by atoms with Gasteiger partial charge in [0.25, 0.3) is 5.91 Å². The fourth-order valence-electron chi connectivity index (χ4n) is 2.06. The van der Waals surface area contributed by atoms with Crippen LogP contribution in [0.2, 0.25) is 0 Å². The number of benzene rings is 1. The molecule has 0 unspecified atom stereocenters. The van der Waals surface area contributed by atoms with Crippen LogP contribution in [0.25, 0.3) is 0 Å². The summed E-state index contributed by atoms with van der Waals surface area (Å²) in [6.45, 7) is 6.57. The SMILES string of the molecule is CCOC(=O)N[C@@H](CNC(=O)c1ccccc1Br)CC(C)C. The third-order valence-electron chi connectivity index (χ3n) is 2.98. The average Bonchev–Trinajstić information content (AvgIpc) is 2.44. The van der Waals surface area contributed by atoms with Crippen molar-refractivity contribution in [3.05, 3.63) is 34.3 Å². The largest absolute Gasteiger partial charge is 0.450 e. The zero-order chi connectivity index (χ0) is 16.5. The summed E-state index contributed by atoms with van der Waals surface area (Å²) in [6.07, 6.45) is 0.304. The van der Waals surface area contributed by atoms with Crippen LogP contribution in [0.3, 0.4) is 0 Å². The van der Waals surface area contributed by atoms with Crippen molar-refractivity contribution >= 4 is 27.9 Å². The summed E-state index contributed by atoms with van der Waals surface area (Å²) in [5.74, 6) is 0.221. The van der Waals surface area contributed by atoms with E-state index in [1.807, 2.05) is 18.2 Å². The maximum Gasteiger partial charge on any atom is 0.407 e. The fraction of sp³-hybridized carbons (Fsp3) is 0.500. The molecule has 0 bridgehead atoms. The average molecular weight is 371 g/mol. The molecular formula is C16H23BrN2O3. The van der Waals surface area contributed by atoms with E-state index in [9.17, 15) is 9.59 Å². The Morgan fingerprint density at radius 2 is 1.95 bits per heavy atom.